The molecule has 0 atom stereocenters. The summed E-state index contributed by atoms with van der Waals surface area (Å²) in [5, 5.41) is 16.5. The Bertz CT molecular complexity index is 50.9. The Morgan fingerprint density at radius 2 is 1.09 bits per heavy atom. The molecule has 5 heteroatoms. The molecule has 11 heavy (non-hydrogen) atoms. The van der Waals surface area contributed by atoms with E-state index in [9.17, 15) is 0 Å². The normalized spacial score (nSPS) is 9.27. The minimum atomic E-state index is 0. The van der Waals surface area contributed by atoms with Gasteiger partial charge in [0.2, 0.25) is 0 Å². The van der Waals surface area contributed by atoms with Crippen molar-refractivity contribution < 1.29 is 25.2 Å². The predicted molar refractivity (Wildman–Crippen MR) is 39.4 cm³/mol. The van der Waals surface area contributed by atoms with Crippen molar-refractivity contribution in [1.29, 1.82) is 0 Å². The fraction of sp³-hybridized carbons (Fsp3) is 1.00. The molecule has 0 aromatic carbocycles. The summed E-state index contributed by atoms with van der Waals surface area (Å²) < 4.78 is 9.75. The highest BCUT2D eigenvalue weighted by Crippen LogP contribution is 1.76. The van der Waals surface area contributed by atoms with Crippen molar-refractivity contribution in [3.63, 3.8) is 0 Å². The zero-order chi connectivity index (χ0) is 7.66. The van der Waals surface area contributed by atoms with Crippen molar-refractivity contribution >= 4 is 0 Å². The molecule has 0 rings (SSSR count). The summed E-state index contributed by atoms with van der Waals surface area (Å²) in [6.07, 6.45) is 0. The second-order valence-electron chi connectivity index (χ2n) is 1.67. The first-order valence-corrected chi connectivity index (χ1v) is 3.29. The van der Waals surface area contributed by atoms with Crippen molar-refractivity contribution in [3.05, 3.63) is 0 Å². The van der Waals surface area contributed by atoms with Gasteiger partial charge in [0.15, 0.2) is 0 Å². The summed E-state index contributed by atoms with van der Waals surface area (Å²) in [4.78, 5) is 0. The zero-order valence-electron chi connectivity index (χ0n) is 6.45. The quantitative estimate of drug-likeness (QED) is 0.438. The number of rotatable bonds is 7. The highest BCUT2D eigenvalue weighted by molar-refractivity contribution is 4.30. The van der Waals surface area contributed by atoms with Crippen LogP contribution in [-0.4, -0.2) is 55.3 Å². The predicted octanol–water partition coefficient (Wildman–Crippen LogP) is -1.82. The minimum Gasteiger partial charge on any atom is -0.412 e. The molecule has 0 spiro atoms. The van der Waals surface area contributed by atoms with Crippen molar-refractivity contribution in [1.82, 2.24) is 0 Å². The second kappa shape index (κ2) is 12.5. The SMILES string of the molecule is O.OCCOCCOCCO. The Kier molecular flexibility index (Phi) is 15.2. The van der Waals surface area contributed by atoms with Crippen LogP contribution in [-0.2, 0) is 9.47 Å². The maximum Gasteiger partial charge on any atom is 0.0701 e. The molecule has 0 amide bonds. The average molecular weight is 168 g/mol. The second-order valence-corrected chi connectivity index (χ2v) is 1.67. The molecule has 0 unspecified atom stereocenters. The third-order valence-corrected chi connectivity index (χ3v) is 0.843. The molecule has 4 N–H and O–H groups in total. The topological polar surface area (TPSA) is 90.4 Å². The number of hydrogen-bond donors (Lipinski definition) is 2. The van der Waals surface area contributed by atoms with Gasteiger partial charge in [-0.1, -0.05) is 0 Å². The lowest BCUT2D eigenvalue weighted by Gasteiger charge is -2.01. The molecule has 0 radical (unpaired) electrons. The van der Waals surface area contributed by atoms with Crippen molar-refractivity contribution in [2.45, 2.75) is 0 Å². The summed E-state index contributed by atoms with van der Waals surface area (Å²) in [5.74, 6) is 0. The first-order chi connectivity index (χ1) is 4.91. The summed E-state index contributed by atoms with van der Waals surface area (Å²) in [6.45, 7) is 1.73. The molecule has 0 saturated heterocycles. The maximum atomic E-state index is 8.26. The van der Waals surface area contributed by atoms with Crippen LogP contribution in [0.2, 0.25) is 0 Å². The smallest absolute Gasteiger partial charge is 0.0701 e. The van der Waals surface area contributed by atoms with Gasteiger partial charge in [-0.2, -0.15) is 0 Å². The van der Waals surface area contributed by atoms with Gasteiger partial charge in [0.1, 0.15) is 0 Å². The molecule has 0 aliphatic carbocycles. The third kappa shape index (κ3) is 12.9. The van der Waals surface area contributed by atoms with Gasteiger partial charge in [0.25, 0.3) is 0 Å². The van der Waals surface area contributed by atoms with E-state index in [1.165, 1.54) is 0 Å². The molecule has 0 aromatic rings. The lowest BCUT2D eigenvalue weighted by atomic mass is 10.7. The van der Waals surface area contributed by atoms with Gasteiger partial charge >= 0.3 is 0 Å². The van der Waals surface area contributed by atoms with Crippen LogP contribution in [0, 0.1) is 0 Å². The van der Waals surface area contributed by atoms with Gasteiger partial charge in [-0.05, 0) is 0 Å². The number of hydrogen-bond acceptors (Lipinski definition) is 4. The summed E-state index contributed by atoms with van der Waals surface area (Å²) >= 11 is 0. The van der Waals surface area contributed by atoms with E-state index in [2.05, 4.69) is 0 Å². The monoisotopic (exact) mass is 168 g/mol. The first kappa shape index (κ1) is 13.4. The van der Waals surface area contributed by atoms with Crippen LogP contribution in [0.5, 0.6) is 0 Å². The number of ether oxygens (including phenoxy) is 2. The standard InChI is InChI=1S/C6H14O4.H2O/c7-1-3-9-5-6-10-4-2-8;/h7-8H,1-6H2;1H2. The Morgan fingerprint density at radius 1 is 0.727 bits per heavy atom. The Labute approximate surface area is 65.9 Å². The molecule has 0 aliphatic rings. The summed E-state index contributed by atoms with van der Waals surface area (Å²) in [6, 6.07) is 0. The highest BCUT2D eigenvalue weighted by atomic mass is 16.5. The van der Waals surface area contributed by atoms with Crippen molar-refractivity contribution in [2.24, 2.45) is 0 Å². The van der Waals surface area contributed by atoms with Gasteiger partial charge in [-0.25, -0.2) is 0 Å². The van der Waals surface area contributed by atoms with E-state index in [1.807, 2.05) is 0 Å². The lowest BCUT2D eigenvalue weighted by molar-refractivity contribution is 0.0222. The summed E-state index contributed by atoms with van der Waals surface area (Å²) in [5.41, 5.74) is 0. The molecule has 0 aromatic heterocycles. The Hall–Kier alpha value is -0.200. The van der Waals surface area contributed by atoms with Crippen LogP contribution in [0.15, 0.2) is 0 Å². The Balaban J connectivity index is 0. The lowest BCUT2D eigenvalue weighted by Crippen LogP contribution is -2.09. The van der Waals surface area contributed by atoms with E-state index in [1.54, 1.807) is 0 Å². The van der Waals surface area contributed by atoms with Gasteiger partial charge < -0.3 is 25.2 Å². The minimum absolute atomic E-state index is 0. The average Bonchev–Trinajstić information content (AvgIpc) is 1.97. The molecule has 0 aliphatic heterocycles. The summed E-state index contributed by atoms with van der Waals surface area (Å²) in [7, 11) is 0. The molecule has 0 saturated carbocycles. The van der Waals surface area contributed by atoms with Crippen LogP contribution >= 0.6 is 0 Å². The third-order valence-electron chi connectivity index (χ3n) is 0.843. The van der Waals surface area contributed by atoms with E-state index in [-0.39, 0.29) is 18.7 Å². The molecule has 0 fully saturated rings. The van der Waals surface area contributed by atoms with E-state index in [0.717, 1.165) is 0 Å². The zero-order valence-corrected chi connectivity index (χ0v) is 6.45. The van der Waals surface area contributed by atoms with Crippen LogP contribution in [0.4, 0.5) is 0 Å². The fourth-order valence-corrected chi connectivity index (χ4v) is 0.451. The largest absolute Gasteiger partial charge is 0.412 e. The molecular formula is C6H16O5. The molecule has 0 bridgehead atoms. The Morgan fingerprint density at radius 3 is 1.36 bits per heavy atom. The van der Waals surface area contributed by atoms with E-state index >= 15 is 0 Å². The van der Waals surface area contributed by atoms with Crippen LogP contribution in [0.25, 0.3) is 0 Å². The molecule has 0 heterocycles. The van der Waals surface area contributed by atoms with E-state index < -0.39 is 0 Å². The van der Waals surface area contributed by atoms with Gasteiger partial charge in [0, 0.05) is 0 Å². The van der Waals surface area contributed by atoms with Crippen molar-refractivity contribution in [3.8, 4) is 0 Å². The number of aliphatic hydroxyl groups excluding tert-OH is 2. The highest BCUT2D eigenvalue weighted by Gasteiger charge is 1.86. The van der Waals surface area contributed by atoms with Gasteiger partial charge in [-0.15, -0.1) is 0 Å². The first-order valence-electron chi connectivity index (χ1n) is 3.29. The molecule has 5 nitrogen and oxygen atoms in total. The van der Waals surface area contributed by atoms with Gasteiger partial charge in [0.05, 0.1) is 39.6 Å². The van der Waals surface area contributed by atoms with Crippen molar-refractivity contribution in [2.75, 3.05) is 39.6 Å². The molecule has 70 valence electrons. The molecular weight excluding hydrogens is 152 g/mol. The van der Waals surface area contributed by atoms with E-state index in [0.29, 0.717) is 26.4 Å². The van der Waals surface area contributed by atoms with E-state index in [4.69, 9.17) is 19.7 Å². The van der Waals surface area contributed by atoms with Crippen LogP contribution in [0.1, 0.15) is 0 Å². The maximum absolute atomic E-state index is 8.26. The van der Waals surface area contributed by atoms with Crippen LogP contribution < -0.4 is 0 Å². The van der Waals surface area contributed by atoms with Crippen LogP contribution in [0.3, 0.4) is 0 Å². The van der Waals surface area contributed by atoms with Gasteiger partial charge in [-0.3, -0.25) is 0 Å². The number of aliphatic hydroxyl groups is 2. The fourth-order valence-electron chi connectivity index (χ4n) is 0.451.